The Bertz CT molecular complexity index is 647. The van der Waals surface area contributed by atoms with Gasteiger partial charge in [-0.2, -0.15) is 5.10 Å². The van der Waals surface area contributed by atoms with Crippen LogP contribution in [-0.4, -0.2) is 17.3 Å². The third-order valence-electron chi connectivity index (χ3n) is 4.75. The molecule has 21 heavy (non-hydrogen) atoms. The number of aromatic amines is 1. The number of nitrogens with two attached hydrogens (primary N) is 1. The van der Waals surface area contributed by atoms with Crippen molar-refractivity contribution < 1.29 is 4.74 Å². The lowest BCUT2D eigenvalue weighted by Gasteiger charge is -2.16. The first-order chi connectivity index (χ1) is 10.1. The van der Waals surface area contributed by atoms with E-state index in [1.165, 1.54) is 25.0 Å². The van der Waals surface area contributed by atoms with Crippen molar-refractivity contribution in [2.45, 2.75) is 39.0 Å². The molecule has 2 atom stereocenters. The summed E-state index contributed by atoms with van der Waals surface area (Å²) in [6, 6.07) is 6.23. The molecule has 1 aliphatic carbocycles. The summed E-state index contributed by atoms with van der Waals surface area (Å²) in [4.78, 5) is 0. The predicted molar refractivity (Wildman–Crippen MR) is 85.5 cm³/mol. The molecule has 0 saturated heterocycles. The van der Waals surface area contributed by atoms with Gasteiger partial charge in [0.2, 0.25) is 0 Å². The third kappa shape index (κ3) is 2.39. The summed E-state index contributed by atoms with van der Waals surface area (Å²) in [7, 11) is 1.70. The van der Waals surface area contributed by atoms with Gasteiger partial charge in [-0.25, -0.2) is 0 Å². The minimum Gasteiger partial charge on any atom is -0.496 e. The van der Waals surface area contributed by atoms with E-state index in [4.69, 9.17) is 10.5 Å². The number of nitrogens with zero attached hydrogens (tertiary/aromatic N) is 1. The highest BCUT2D eigenvalue weighted by atomic mass is 16.5. The van der Waals surface area contributed by atoms with Gasteiger partial charge >= 0.3 is 0 Å². The third-order valence-corrected chi connectivity index (χ3v) is 4.75. The molecule has 3 rings (SSSR count). The van der Waals surface area contributed by atoms with Crippen LogP contribution < -0.4 is 10.5 Å². The Morgan fingerprint density at radius 2 is 2.14 bits per heavy atom. The largest absolute Gasteiger partial charge is 0.496 e. The van der Waals surface area contributed by atoms with E-state index in [0.29, 0.717) is 17.7 Å². The first-order valence-corrected chi connectivity index (χ1v) is 7.60. The Hall–Kier alpha value is -1.97. The fraction of sp³-hybridized carbons (Fsp3) is 0.471. The topological polar surface area (TPSA) is 63.9 Å². The Kier molecular flexibility index (Phi) is 3.62. The fourth-order valence-corrected chi connectivity index (χ4v) is 3.49. The van der Waals surface area contributed by atoms with Crippen LogP contribution in [0.4, 0.5) is 5.82 Å². The van der Waals surface area contributed by atoms with Gasteiger partial charge in [0.15, 0.2) is 5.82 Å². The monoisotopic (exact) mass is 285 g/mol. The lowest BCUT2D eigenvalue weighted by atomic mass is 9.89. The maximum absolute atomic E-state index is 6.13. The maximum atomic E-state index is 6.13. The molecule has 1 fully saturated rings. The smallest absolute Gasteiger partial charge is 0.153 e. The van der Waals surface area contributed by atoms with E-state index in [1.54, 1.807) is 7.11 Å². The average Bonchev–Trinajstić information content (AvgIpc) is 3.05. The molecule has 2 unspecified atom stereocenters. The van der Waals surface area contributed by atoms with Crippen LogP contribution in [0.15, 0.2) is 18.2 Å². The molecule has 0 bridgehead atoms. The van der Waals surface area contributed by atoms with Crippen molar-refractivity contribution in [1.29, 1.82) is 0 Å². The summed E-state index contributed by atoms with van der Waals surface area (Å²) >= 11 is 0. The van der Waals surface area contributed by atoms with Crippen molar-refractivity contribution in [1.82, 2.24) is 10.2 Å². The van der Waals surface area contributed by atoms with E-state index in [9.17, 15) is 0 Å². The lowest BCUT2D eigenvalue weighted by Crippen LogP contribution is -2.04. The van der Waals surface area contributed by atoms with Gasteiger partial charge < -0.3 is 10.5 Å². The molecule has 0 spiro atoms. The SMILES string of the molecule is COc1cc(-c2c(N)n[nH]c2C2CCCC2C)ccc1C. The second kappa shape index (κ2) is 5.43. The van der Waals surface area contributed by atoms with E-state index in [1.807, 2.05) is 6.92 Å². The number of methoxy groups -OCH3 is 1. The fourth-order valence-electron chi connectivity index (χ4n) is 3.49. The van der Waals surface area contributed by atoms with Crippen LogP contribution in [-0.2, 0) is 0 Å². The van der Waals surface area contributed by atoms with Gasteiger partial charge in [-0.15, -0.1) is 0 Å². The number of hydrogen-bond acceptors (Lipinski definition) is 3. The van der Waals surface area contributed by atoms with Crippen molar-refractivity contribution in [3.05, 3.63) is 29.5 Å². The summed E-state index contributed by atoms with van der Waals surface area (Å²) in [5.74, 6) is 2.67. The summed E-state index contributed by atoms with van der Waals surface area (Å²) in [6.07, 6.45) is 3.76. The molecule has 0 radical (unpaired) electrons. The maximum Gasteiger partial charge on any atom is 0.153 e. The Morgan fingerprint density at radius 3 is 2.81 bits per heavy atom. The van der Waals surface area contributed by atoms with Crippen LogP contribution in [0.5, 0.6) is 5.75 Å². The number of nitrogen functional groups attached to an aromatic ring is 1. The van der Waals surface area contributed by atoms with Crippen LogP contribution >= 0.6 is 0 Å². The number of hydrogen-bond donors (Lipinski definition) is 2. The van der Waals surface area contributed by atoms with Crippen molar-refractivity contribution in [3.8, 4) is 16.9 Å². The highest BCUT2D eigenvalue weighted by molar-refractivity contribution is 5.78. The average molecular weight is 285 g/mol. The zero-order valence-electron chi connectivity index (χ0n) is 12.9. The molecule has 1 aromatic heterocycles. The molecular formula is C17H23N3O. The van der Waals surface area contributed by atoms with Crippen LogP contribution in [0.25, 0.3) is 11.1 Å². The second-order valence-electron chi connectivity index (χ2n) is 6.10. The van der Waals surface area contributed by atoms with Crippen LogP contribution in [0.2, 0.25) is 0 Å². The molecule has 1 heterocycles. The van der Waals surface area contributed by atoms with E-state index < -0.39 is 0 Å². The molecule has 0 aliphatic heterocycles. The summed E-state index contributed by atoms with van der Waals surface area (Å²) < 4.78 is 5.44. The normalized spacial score (nSPS) is 21.7. The molecule has 1 aromatic carbocycles. The van der Waals surface area contributed by atoms with E-state index in [-0.39, 0.29) is 0 Å². The predicted octanol–water partition coefficient (Wildman–Crippen LogP) is 3.88. The molecular weight excluding hydrogens is 262 g/mol. The number of ether oxygens (including phenoxy) is 1. The summed E-state index contributed by atoms with van der Waals surface area (Å²) in [5, 5.41) is 7.44. The van der Waals surface area contributed by atoms with Gasteiger partial charge in [-0.1, -0.05) is 31.9 Å². The Labute approximate surface area is 125 Å². The van der Waals surface area contributed by atoms with E-state index in [2.05, 4.69) is 35.3 Å². The number of aryl methyl sites for hydroxylation is 1. The van der Waals surface area contributed by atoms with Gasteiger partial charge in [-0.3, -0.25) is 5.10 Å². The zero-order valence-corrected chi connectivity index (χ0v) is 12.9. The number of anilines is 1. The molecule has 3 N–H and O–H groups in total. The van der Waals surface area contributed by atoms with Gasteiger partial charge in [0.1, 0.15) is 5.75 Å². The molecule has 4 heteroatoms. The first kappa shape index (κ1) is 14.0. The highest BCUT2D eigenvalue weighted by Gasteiger charge is 2.30. The zero-order chi connectivity index (χ0) is 15.0. The number of rotatable bonds is 3. The van der Waals surface area contributed by atoms with E-state index >= 15 is 0 Å². The van der Waals surface area contributed by atoms with Crippen LogP contribution in [0.1, 0.15) is 43.4 Å². The molecule has 2 aromatic rings. The standard InChI is InChI=1S/C17H23N3O/c1-10-5-4-6-13(10)16-15(17(18)20-19-16)12-8-7-11(2)14(9-12)21-3/h7-10,13H,4-6H2,1-3H3,(H3,18,19,20). The van der Waals surface area contributed by atoms with Gasteiger partial charge in [-0.05, 0) is 36.5 Å². The molecule has 112 valence electrons. The molecule has 4 nitrogen and oxygen atoms in total. The first-order valence-electron chi connectivity index (χ1n) is 7.60. The molecule has 1 aliphatic rings. The minimum absolute atomic E-state index is 0.525. The van der Waals surface area contributed by atoms with E-state index in [0.717, 1.165) is 22.4 Å². The number of nitrogens with one attached hydrogen (secondary N) is 1. The Morgan fingerprint density at radius 1 is 1.33 bits per heavy atom. The summed E-state index contributed by atoms with van der Waals surface area (Å²) in [5.41, 5.74) is 10.6. The van der Waals surface area contributed by atoms with Crippen molar-refractivity contribution in [2.24, 2.45) is 5.92 Å². The second-order valence-corrected chi connectivity index (χ2v) is 6.10. The lowest BCUT2D eigenvalue weighted by molar-refractivity contribution is 0.412. The van der Waals surface area contributed by atoms with Gasteiger partial charge in [0, 0.05) is 17.2 Å². The minimum atomic E-state index is 0.525. The van der Waals surface area contributed by atoms with Gasteiger partial charge in [0.25, 0.3) is 0 Å². The van der Waals surface area contributed by atoms with Crippen molar-refractivity contribution in [2.75, 3.05) is 12.8 Å². The quantitative estimate of drug-likeness (QED) is 0.899. The molecule has 1 saturated carbocycles. The van der Waals surface area contributed by atoms with Crippen LogP contribution in [0, 0.1) is 12.8 Å². The number of aromatic nitrogens is 2. The number of H-pyrrole nitrogens is 1. The van der Waals surface area contributed by atoms with Gasteiger partial charge in [0.05, 0.1) is 7.11 Å². The Balaban J connectivity index is 2.08. The van der Waals surface area contributed by atoms with Crippen LogP contribution in [0.3, 0.4) is 0 Å². The molecule has 0 amide bonds. The highest BCUT2D eigenvalue weighted by Crippen LogP contribution is 2.44. The number of benzene rings is 1. The van der Waals surface area contributed by atoms with Crippen molar-refractivity contribution >= 4 is 5.82 Å². The van der Waals surface area contributed by atoms with Crippen molar-refractivity contribution in [3.63, 3.8) is 0 Å². The summed E-state index contributed by atoms with van der Waals surface area (Å²) in [6.45, 7) is 4.36.